The van der Waals surface area contributed by atoms with Gasteiger partial charge in [-0.1, -0.05) is 42.8 Å². The van der Waals surface area contributed by atoms with Crippen molar-refractivity contribution in [1.82, 2.24) is 10.2 Å². The maximum absolute atomic E-state index is 5.10. The summed E-state index contributed by atoms with van der Waals surface area (Å²) in [5.74, 6) is 1.11. The van der Waals surface area contributed by atoms with Crippen molar-refractivity contribution in [3.8, 4) is 0 Å². The molecule has 4 aliphatic rings. The Morgan fingerprint density at radius 2 is 1.81 bits per heavy atom. The summed E-state index contributed by atoms with van der Waals surface area (Å²) in [5.41, 5.74) is 3.93. The molecule has 5 heteroatoms. The number of hydrogen-bond donors (Lipinski definition) is 1. The van der Waals surface area contributed by atoms with E-state index in [0.29, 0.717) is 18.1 Å². The zero-order chi connectivity index (χ0) is 20.8. The van der Waals surface area contributed by atoms with Gasteiger partial charge in [0.1, 0.15) is 5.84 Å². The molecule has 1 saturated carbocycles. The number of likely N-dealkylation sites (tertiary alicyclic amines) is 1. The van der Waals surface area contributed by atoms with Crippen molar-refractivity contribution in [1.29, 1.82) is 0 Å². The van der Waals surface area contributed by atoms with Gasteiger partial charge in [-0.25, -0.2) is 0 Å². The molecule has 31 heavy (non-hydrogen) atoms. The second-order valence-corrected chi connectivity index (χ2v) is 10.6. The fourth-order valence-corrected chi connectivity index (χ4v) is 6.85. The monoisotopic (exact) mass is 432 g/mol. The Labute approximate surface area is 190 Å². The van der Waals surface area contributed by atoms with Crippen LogP contribution in [0.3, 0.4) is 0 Å². The van der Waals surface area contributed by atoms with Gasteiger partial charge < -0.3 is 15.1 Å². The Morgan fingerprint density at radius 1 is 1.00 bits per heavy atom. The lowest BCUT2D eigenvalue weighted by atomic mass is 9.92. The average molecular weight is 433 g/mol. The molecule has 1 aliphatic carbocycles. The zero-order valence-electron chi connectivity index (χ0n) is 18.4. The van der Waals surface area contributed by atoms with Crippen LogP contribution in [0.1, 0.15) is 51.0 Å². The lowest BCUT2D eigenvalue weighted by molar-refractivity contribution is 0.319. The van der Waals surface area contributed by atoms with Crippen LogP contribution in [0.15, 0.2) is 57.2 Å². The number of aliphatic imine (C=N–C) groups is 1. The van der Waals surface area contributed by atoms with Gasteiger partial charge in [-0.05, 0) is 70.0 Å². The molecular formula is C26H32N4S. The molecule has 162 valence electrons. The van der Waals surface area contributed by atoms with E-state index < -0.39 is 0 Å². The Kier molecular flexibility index (Phi) is 5.19. The molecule has 0 amide bonds. The molecule has 1 saturated heterocycles. The first-order valence-electron chi connectivity index (χ1n) is 12.0. The van der Waals surface area contributed by atoms with Crippen molar-refractivity contribution in [2.45, 2.75) is 73.4 Å². The molecule has 0 radical (unpaired) electrons. The van der Waals surface area contributed by atoms with Gasteiger partial charge in [0.25, 0.3) is 0 Å². The predicted octanol–water partition coefficient (Wildman–Crippen LogP) is 5.43. The van der Waals surface area contributed by atoms with Gasteiger partial charge in [0.15, 0.2) is 0 Å². The first-order chi connectivity index (χ1) is 15.3. The summed E-state index contributed by atoms with van der Waals surface area (Å²) < 4.78 is 0. The average Bonchev–Trinajstić information content (AvgIpc) is 3.46. The fourth-order valence-electron chi connectivity index (χ4n) is 5.80. The highest BCUT2D eigenvalue weighted by atomic mass is 32.2. The number of nitrogens with one attached hydrogen (secondary N) is 1. The number of rotatable bonds is 4. The summed E-state index contributed by atoms with van der Waals surface area (Å²) in [4.78, 5) is 13.0. The van der Waals surface area contributed by atoms with E-state index in [0.717, 1.165) is 12.4 Å². The van der Waals surface area contributed by atoms with Crippen LogP contribution in [0.5, 0.6) is 0 Å². The molecular weight excluding hydrogens is 400 g/mol. The van der Waals surface area contributed by atoms with E-state index in [1.54, 1.807) is 0 Å². The predicted molar refractivity (Wildman–Crippen MR) is 130 cm³/mol. The van der Waals surface area contributed by atoms with E-state index in [-0.39, 0.29) is 0 Å². The van der Waals surface area contributed by atoms with Crippen molar-refractivity contribution in [2.75, 3.05) is 24.5 Å². The maximum Gasteiger partial charge on any atom is 0.128 e. The Hall–Kier alpha value is -1.98. The van der Waals surface area contributed by atoms with Crippen molar-refractivity contribution in [3.63, 3.8) is 0 Å². The number of anilines is 2. The summed E-state index contributed by atoms with van der Waals surface area (Å²) >= 11 is 1.90. The number of amidine groups is 1. The molecule has 2 aromatic rings. The molecule has 2 fully saturated rings. The molecule has 0 spiro atoms. The van der Waals surface area contributed by atoms with E-state index in [2.05, 4.69) is 64.5 Å². The lowest BCUT2D eigenvalue weighted by Gasteiger charge is -2.39. The molecule has 0 bridgehead atoms. The summed E-state index contributed by atoms with van der Waals surface area (Å²) in [7, 11) is 0. The topological polar surface area (TPSA) is 30.9 Å². The summed E-state index contributed by atoms with van der Waals surface area (Å²) in [6, 6.07) is 17.3. The zero-order valence-corrected chi connectivity index (χ0v) is 19.2. The van der Waals surface area contributed by atoms with Gasteiger partial charge in [0.2, 0.25) is 0 Å². The number of benzene rings is 2. The number of hydrogen-bond acceptors (Lipinski definition) is 5. The Bertz CT molecular complexity index is 997. The molecule has 3 atom stereocenters. The van der Waals surface area contributed by atoms with Crippen LogP contribution < -0.4 is 10.2 Å². The minimum atomic E-state index is 0.426. The summed E-state index contributed by atoms with van der Waals surface area (Å²) in [6.45, 7) is 5.99. The van der Waals surface area contributed by atoms with Crippen molar-refractivity contribution in [2.24, 2.45) is 4.99 Å². The van der Waals surface area contributed by atoms with Gasteiger partial charge in [-0.3, -0.25) is 4.99 Å². The largest absolute Gasteiger partial charge is 0.365 e. The number of fused-ring (bicyclic) bond motifs is 3. The molecule has 3 unspecified atom stereocenters. The van der Waals surface area contributed by atoms with Crippen LogP contribution in [0.25, 0.3) is 0 Å². The van der Waals surface area contributed by atoms with Crippen LogP contribution in [-0.4, -0.2) is 48.5 Å². The fraction of sp³-hybridized carbons (Fsp3) is 0.500. The molecule has 3 heterocycles. The molecule has 1 N–H and O–H groups in total. The van der Waals surface area contributed by atoms with Crippen LogP contribution >= 0.6 is 11.8 Å². The van der Waals surface area contributed by atoms with E-state index in [1.165, 1.54) is 78.3 Å². The van der Waals surface area contributed by atoms with Crippen molar-refractivity contribution in [3.05, 3.63) is 48.0 Å². The van der Waals surface area contributed by atoms with E-state index in [1.807, 2.05) is 11.8 Å². The third kappa shape index (κ3) is 3.66. The first-order valence-corrected chi connectivity index (χ1v) is 12.9. The van der Waals surface area contributed by atoms with Gasteiger partial charge in [0, 0.05) is 34.0 Å². The van der Waals surface area contributed by atoms with Crippen LogP contribution in [0.2, 0.25) is 0 Å². The van der Waals surface area contributed by atoms with Gasteiger partial charge in [-0.2, -0.15) is 0 Å². The molecule has 3 aliphatic heterocycles. The quantitative estimate of drug-likeness (QED) is 0.697. The minimum absolute atomic E-state index is 0.426. The second-order valence-electron chi connectivity index (χ2n) is 9.56. The number of nitrogens with zero attached hydrogens (tertiary/aromatic N) is 3. The Balaban J connectivity index is 1.36. The van der Waals surface area contributed by atoms with Crippen LogP contribution in [0.4, 0.5) is 11.4 Å². The molecule has 2 aromatic carbocycles. The minimum Gasteiger partial charge on any atom is -0.365 e. The third-order valence-corrected chi connectivity index (χ3v) is 8.48. The number of para-hydroxylation sites is 1. The van der Waals surface area contributed by atoms with Gasteiger partial charge in [-0.15, -0.1) is 0 Å². The SMILES string of the molecule is CC(CN1CCCC1)N1c2ccccc2Sc2ccc(C3=NC4CCCCC4N3)cc21. The van der Waals surface area contributed by atoms with E-state index in [9.17, 15) is 0 Å². The van der Waals surface area contributed by atoms with Crippen molar-refractivity contribution < 1.29 is 0 Å². The van der Waals surface area contributed by atoms with Crippen LogP contribution in [0, 0.1) is 0 Å². The molecule has 4 nitrogen and oxygen atoms in total. The second kappa shape index (κ2) is 8.18. The highest BCUT2D eigenvalue weighted by Crippen LogP contribution is 2.49. The normalized spacial score (nSPS) is 26.0. The Morgan fingerprint density at radius 3 is 2.68 bits per heavy atom. The standard InChI is InChI=1S/C26H32N4S/c1-18(17-29-14-6-7-15-29)30-22-10-4-5-11-24(22)31-25-13-12-19(16-23(25)30)26-27-20-8-2-3-9-21(20)28-26/h4-5,10-13,16,18,20-21H,2-3,6-9,14-15,17H2,1H3,(H,27,28). The first kappa shape index (κ1) is 19.7. The third-order valence-electron chi connectivity index (χ3n) is 7.35. The summed E-state index contributed by atoms with van der Waals surface area (Å²) in [6.07, 6.45) is 7.82. The highest BCUT2D eigenvalue weighted by molar-refractivity contribution is 7.99. The maximum atomic E-state index is 5.10. The highest BCUT2D eigenvalue weighted by Gasteiger charge is 2.33. The smallest absolute Gasteiger partial charge is 0.128 e. The van der Waals surface area contributed by atoms with E-state index in [4.69, 9.17) is 4.99 Å². The molecule has 6 rings (SSSR count). The summed E-state index contributed by atoms with van der Waals surface area (Å²) in [5, 5.41) is 3.75. The van der Waals surface area contributed by atoms with Crippen molar-refractivity contribution >= 4 is 29.0 Å². The van der Waals surface area contributed by atoms with E-state index >= 15 is 0 Å². The lowest BCUT2D eigenvalue weighted by Crippen LogP contribution is -2.40. The van der Waals surface area contributed by atoms with Gasteiger partial charge >= 0.3 is 0 Å². The van der Waals surface area contributed by atoms with Gasteiger partial charge in [0.05, 0.1) is 17.4 Å². The molecule has 0 aromatic heterocycles. The van der Waals surface area contributed by atoms with Crippen LogP contribution in [-0.2, 0) is 0 Å².